The van der Waals surface area contributed by atoms with E-state index in [4.69, 9.17) is 13.9 Å². The number of carbonyl (C=O) groups excluding carboxylic acids is 1. The standard InChI is InChI=1S/C16H15N3O4/c1-10(22-16(20)13-4-3-9-17-13)14-18-19-15(23-14)11-5-7-12(21-2)8-6-11/h3-10,17H,1-2H3/t10-/m1/s1. The maximum atomic E-state index is 11.9. The van der Waals surface area contributed by atoms with Crippen LogP contribution in [0.3, 0.4) is 0 Å². The van der Waals surface area contributed by atoms with Gasteiger partial charge >= 0.3 is 5.97 Å². The van der Waals surface area contributed by atoms with Crippen LogP contribution < -0.4 is 4.74 Å². The average Bonchev–Trinajstić information content (AvgIpc) is 3.26. The number of esters is 1. The molecule has 2 aromatic heterocycles. The molecule has 1 aromatic carbocycles. The van der Waals surface area contributed by atoms with Crippen LogP contribution in [0, 0.1) is 0 Å². The first-order chi connectivity index (χ1) is 11.2. The zero-order valence-corrected chi connectivity index (χ0v) is 12.6. The summed E-state index contributed by atoms with van der Waals surface area (Å²) in [5, 5.41) is 7.91. The van der Waals surface area contributed by atoms with Crippen LogP contribution in [-0.2, 0) is 4.74 Å². The van der Waals surface area contributed by atoms with E-state index in [2.05, 4.69) is 15.2 Å². The molecule has 0 fully saturated rings. The molecule has 0 bridgehead atoms. The monoisotopic (exact) mass is 313 g/mol. The zero-order valence-electron chi connectivity index (χ0n) is 12.6. The number of aromatic amines is 1. The number of nitrogens with zero attached hydrogens (tertiary/aromatic N) is 2. The molecule has 7 nitrogen and oxygen atoms in total. The molecule has 118 valence electrons. The molecule has 0 aliphatic carbocycles. The van der Waals surface area contributed by atoms with Gasteiger partial charge in [-0.3, -0.25) is 0 Å². The van der Waals surface area contributed by atoms with Crippen molar-refractivity contribution in [1.29, 1.82) is 0 Å². The summed E-state index contributed by atoms with van der Waals surface area (Å²) in [6, 6.07) is 10.6. The molecular weight excluding hydrogens is 298 g/mol. The van der Waals surface area contributed by atoms with Crippen molar-refractivity contribution in [2.75, 3.05) is 7.11 Å². The summed E-state index contributed by atoms with van der Waals surface area (Å²) in [5.74, 6) is 0.842. The molecule has 0 radical (unpaired) electrons. The van der Waals surface area contributed by atoms with Crippen molar-refractivity contribution in [3.63, 3.8) is 0 Å². The Hall–Kier alpha value is -3.09. The largest absolute Gasteiger partial charge is 0.497 e. The number of aromatic nitrogens is 3. The van der Waals surface area contributed by atoms with E-state index in [1.807, 2.05) is 12.1 Å². The average molecular weight is 313 g/mol. The van der Waals surface area contributed by atoms with Crippen LogP contribution in [-0.4, -0.2) is 28.3 Å². The van der Waals surface area contributed by atoms with Crippen LogP contribution in [0.1, 0.15) is 29.4 Å². The summed E-state index contributed by atoms with van der Waals surface area (Å²) in [6.07, 6.45) is 1.00. The second kappa shape index (κ2) is 6.35. The Bertz CT molecular complexity index is 778. The number of hydrogen-bond acceptors (Lipinski definition) is 6. The molecule has 0 unspecified atom stereocenters. The second-order valence-corrected chi connectivity index (χ2v) is 4.81. The maximum absolute atomic E-state index is 11.9. The fraction of sp³-hybridized carbons (Fsp3) is 0.188. The van der Waals surface area contributed by atoms with Gasteiger partial charge in [-0.15, -0.1) is 10.2 Å². The van der Waals surface area contributed by atoms with Gasteiger partial charge in [-0.05, 0) is 43.3 Å². The highest BCUT2D eigenvalue weighted by Gasteiger charge is 2.20. The van der Waals surface area contributed by atoms with E-state index in [0.29, 0.717) is 11.6 Å². The van der Waals surface area contributed by atoms with Crippen molar-refractivity contribution >= 4 is 5.97 Å². The molecule has 1 N–H and O–H groups in total. The van der Waals surface area contributed by atoms with Crippen molar-refractivity contribution < 1.29 is 18.7 Å². The van der Waals surface area contributed by atoms with Crippen molar-refractivity contribution in [1.82, 2.24) is 15.2 Å². The minimum Gasteiger partial charge on any atom is -0.497 e. The molecule has 3 aromatic rings. The first-order valence-corrected chi connectivity index (χ1v) is 6.99. The number of carbonyl (C=O) groups is 1. The topological polar surface area (TPSA) is 90.2 Å². The van der Waals surface area contributed by atoms with Gasteiger partial charge in [0.15, 0.2) is 6.10 Å². The molecule has 0 amide bonds. The van der Waals surface area contributed by atoms with Gasteiger partial charge in [0.05, 0.1) is 7.11 Å². The minimum absolute atomic E-state index is 0.232. The molecule has 0 aliphatic heterocycles. The minimum atomic E-state index is -0.648. The van der Waals surface area contributed by atoms with Crippen LogP contribution in [0.5, 0.6) is 5.75 Å². The van der Waals surface area contributed by atoms with Crippen molar-refractivity contribution in [3.8, 4) is 17.2 Å². The summed E-state index contributed by atoms with van der Waals surface area (Å²) in [4.78, 5) is 14.7. The van der Waals surface area contributed by atoms with Crippen molar-refractivity contribution in [2.24, 2.45) is 0 Å². The van der Waals surface area contributed by atoms with Crippen molar-refractivity contribution in [3.05, 3.63) is 54.2 Å². The molecule has 0 saturated carbocycles. The van der Waals surface area contributed by atoms with Crippen LogP contribution in [0.25, 0.3) is 11.5 Å². The molecule has 7 heteroatoms. The first-order valence-electron chi connectivity index (χ1n) is 6.99. The van der Waals surface area contributed by atoms with E-state index in [-0.39, 0.29) is 5.89 Å². The first kappa shape index (κ1) is 14.8. The maximum Gasteiger partial charge on any atom is 0.355 e. The van der Waals surface area contributed by atoms with Gasteiger partial charge in [0.1, 0.15) is 11.4 Å². The lowest BCUT2D eigenvalue weighted by atomic mass is 10.2. The predicted molar refractivity (Wildman–Crippen MR) is 80.9 cm³/mol. The molecule has 2 heterocycles. The molecular formula is C16H15N3O4. The number of benzene rings is 1. The Morgan fingerprint density at radius 3 is 2.65 bits per heavy atom. The van der Waals surface area contributed by atoms with Gasteiger partial charge in [0, 0.05) is 11.8 Å². The van der Waals surface area contributed by atoms with Crippen molar-refractivity contribution in [2.45, 2.75) is 13.0 Å². The lowest BCUT2D eigenvalue weighted by Gasteiger charge is -2.08. The number of nitrogens with one attached hydrogen (secondary N) is 1. The normalized spacial score (nSPS) is 11.9. The number of H-pyrrole nitrogens is 1. The third-order valence-corrected chi connectivity index (χ3v) is 3.23. The Balaban J connectivity index is 1.71. The van der Waals surface area contributed by atoms with Crippen LogP contribution in [0.15, 0.2) is 47.0 Å². The van der Waals surface area contributed by atoms with Gasteiger partial charge in [-0.25, -0.2) is 4.79 Å². The van der Waals surface area contributed by atoms with E-state index < -0.39 is 12.1 Å². The van der Waals surface area contributed by atoms with E-state index in [0.717, 1.165) is 11.3 Å². The fourth-order valence-corrected chi connectivity index (χ4v) is 1.98. The highest BCUT2D eigenvalue weighted by atomic mass is 16.6. The van der Waals surface area contributed by atoms with Crippen LogP contribution in [0.4, 0.5) is 0 Å². The number of methoxy groups -OCH3 is 1. The van der Waals surface area contributed by atoms with E-state index in [1.165, 1.54) is 0 Å². The summed E-state index contributed by atoms with van der Waals surface area (Å²) >= 11 is 0. The third-order valence-electron chi connectivity index (χ3n) is 3.23. The number of hydrogen-bond donors (Lipinski definition) is 1. The number of rotatable bonds is 5. The highest BCUT2D eigenvalue weighted by Crippen LogP contribution is 2.24. The smallest absolute Gasteiger partial charge is 0.355 e. The second-order valence-electron chi connectivity index (χ2n) is 4.81. The molecule has 3 rings (SSSR count). The van der Waals surface area contributed by atoms with Gasteiger partial charge in [-0.1, -0.05) is 0 Å². The zero-order chi connectivity index (χ0) is 16.2. The molecule has 0 saturated heterocycles. The van der Waals surface area contributed by atoms with E-state index in [9.17, 15) is 4.79 Å². The molecule has 1 atom stereocenters. The summed E-state index contributed by atoms with van der Waals surface area (Å²) in [7, 11) is 1.60. The fourth-order valence-electron chi connectivity index (χ4n) is 1.98. The van der Waals surface area contributed by atoms with Crippen LogP contribution >= 0.6 is 0 Å². The Kier molecular flexibility index (Phi) is 4.09. The Labute approximate surface area is 132 Å². The SMILES string of the molecule is COc1ccc(-c2nnc([C@@H](C)OC(=O)c3ccc[nH]3)o2)cc1. The van der Waals surface area contributed by atoms with E-state index in [1.54, 1.807) is 44.5 Å². The van der Waals surface area contributed by atoms with Gasteiger partial charge in [-0.2, -0.15) is 0 Å². The van der Waals surface area contributed by atoms with Gasteiger partial charge in [0.25, 0.3) is 5.89 Å². The van der Waals surface area contributed by atoms with Gasteiger partial charge in [0.2, 0.25) is 5.89 Å². The number of ether oxygens (including phenoxy) is 2. The quantitative estimate of drug-likeness (QED) is 0.728. The molecule has 23 heavy (non-hydrogen) atoms. The molecule has 0 spiro atoms. The Morgan fingerprint density at radius 1 is 1.22 bits per heavy atom. The summed E-state index contributed by atoms with van der Waals surface area (Å²) in [5.41, 5.74) is 1.12. The summed E-state index contributed by atoms with van der Waals surface area (Å²) < 4.78 is 16.0. The lowest BCUT2D eigenvalue weighted by molar-refractivity contribution is 0.0274. The van der Waals surface area contributed by atoms with Crippen LogP contribution in [0.2, 0.25) is 0 Å². The predicted octanol–water partition coefficient (Wildman–Crippen LogP) is 2.99. The third kappa shape index (κ3) is 3.23. The van der Waals surface area contributed by atoms with Gasteiger partial charge < -0.3 is 18.9 Å². The Morgan fingerprint density at radius 2 is 2.00 bits per heavy atom. The highest BCUT2D eigenvalue weighted by molar-refractivity contribution is 5.87. The summed E-state index contributed by atoms with van der Waals surface area (Å²) in [6.45, 7) is 1.67. The molecule has 0 aliphatic rings. The lowest BCUT2D eigenvalue weighted by Crippen LogP contribution is -2.09. The van der Waals surface area contributed by atoms with E-state index >= 15 is 0 Å².